The highest BCUT2D eigenvalue weighted by molar-refractivity contribution is 5.31. The number of ether oxygens (including phenoxy) is 1. The number of methoxy groups -OCH3 is 1. The zero-order valence-electron chi connectivity index (χ0n) is 12.9. The fourth-order valence-corrected chi connectivity index (χ4v) is 3.05. The Balaban J connectivity index is 2.12. The van der Waals surface area contributed by atoms with E-state index in [0.29, 0.717) is 18.1 Å². The Hall–Kier alpha value is -1.03. The molecular formula is C15H27N3O. The number of hydrogen-bond acceptors (Lipinski definition) is 3. The van der Waals surface area contributed by atoms with Gasteiger partial charge in [0.25, 0.3) is 0 Å². The van der Waals surface area contributed by atoms with Crippen molar-refractivity contribution in [2.24, 2.45) is 5.41 Å². The average molecular weight is 265 g/mol. The summed E-state index contributed by atoms with van der Waals surface area (Å²) in [6.07, 6.45) is 5.95. The van der Waals surface area contributed by atoms with Crippen molar-refractivity contribution < 1.29 is 4.74 Å². The maximum absolute atomic E-state index is 5.18. The van der Waals surface area contributed by atoms with Gasteiger partial charge in [0.15, 0.2) is 0 Å². The predicted octanol–water partition coefficient (Wildman–Crippen LogP) is 3.39. The molecule has 0 spiro atoms. The number of aromatic nitrogens is 2. The molecule has 0 aromatic carbocycles. The second-order valence-corrected chi connectivity index (χ2v) is 6.67. The monoisotopic (exact) mass is 265 g/mol. The summed E-state index contributed by atoms with van der Waals surface area (Å²) in [4.78, 5) is 4.62. The Morgan fingerprint density at radius 2 is 2.32 bits per heavy atom. The van der Waals surface area contributed by atoms with Crippen LogP contribution in [-0.2, 0) is 4.74 Å². The summed E-state index contributed by atoms with van der Waals surface area (Å²) in [5.74, 6) is 0.991. The lowest BCUT2D eigenvalue weighted by Gasteiger charge is -2.21. The fourth-order valence-electron chi connectivity index (χ4n) is 3.05. The summed E-state index contributed by atoms with van der Waals surface area (Å²) >= 11 is 0. The van der Waals surface area contributed by atoms with Gasteiger partial charge in [-0.2, -0.15) is 0 Å². The van der Waals surface area contributed by atoms with Crippen LogP contribution in [0.15, 0.2) is 6.20 Å². The molecule has 1 saturated carbocycles. The first kappa shape index (κ1) is 14.4. The van der Waals surface area contributed by atoms with E-state index in [1.165, 1.54) is 19.3 Å². The van der Waals surface area contributed by atoms with Crippen LogP contribution in [0.1, 0.15) is 51.8 Å². The molecule has 1 aromatic rings. The molecule has 1 heterocycles. The van der Waals surface area contributed by atoms with E-state index in [-0.39, 0.29) is 6.04 Å². The molecule has 1 aliphatic rings. The molecule has 19 heavy (non-hydrogen) atoms. The summed E-state index contributed by atoms with van der Waals surface area (Å²) in [7, 11) is 1.73. The molecule has 0 saturated heterocycles. The Kier molecular flexibility index (Phi) is 4.19. The zero-order valence-corrected chi connectivity index (χ0v) is 12.9. The number of imidazole rings is 1. The van der Waals surface area contributed by atoms with Crippen LogP contribution in [0.3, 0.4) is 0 Å². The highest BCUT2D eigenvalue weighted by atomic mass is 16.5. The van der Waals surface area contributed by atoms with Gasteiger partial charge >= 0.3 is 0 Å². The molecule has 0 radical (unpaired) electrons. The van der Waals surface area contributed by atoms with Crippen LogP contribution in [0.25, 0.3) is 0 Å². The minimum Gasteiger partial charge on any atom is -0.383 e. The Morgan fingerprint density at radius 3 is 2.89 bits per heavy atom. The van der Waals surface area contributed by atoms with Crippen LogP contribution >= 0.6 is 0 Å². The van der Waals surface area contributed by atoms with Gasteiger partial charge in [-0.05, 0) is 38.5 Å². The standard InChI is InChI=1S/C15H27N3O/c1-11-9-18(13-6-7-15(3,4)8-13)14(16-11)17-12(2)10-19-5/h9,12-13H,6-8,10H2,1-5H3,(H,16,17). The van der Waals surface area contributed by atoms with Crippen LogP contribution in [0.2, 0.25) is 0 Å². The van der Waals surface area contributed by atoms with E-state index >= 15 is 0 Å². The number of nitrogens with one attached hydrogen (secondary N) is 1. The highest BCUT2D eigenvalue weighted by Crippen LogP contribution is 2.44. The van der Waals surface area contributed by atoms with E-state index in [0.717, 1.165) is 11.6 Å². The molecule has 1 N–H and O–H groups in total. The van der Waals surface area contributed by atoms with Crippen molar-refractivity contribution >= 4 is 5.95 Å². The number of rotatable bonds is 5. The smallest absolute Gasteiger partial charge is 0.203 e. The molecule has 108 valence electrons. The van der Waals surface area contributed by atoms with Crippen LogP contribution in [0, 0.1) is 12.3 Å². The number of nitrogens with zero attached hydrogens (tertiary/aromatic N) is 2. The molecule has 0 bridgehead atoms. The van der Waals surface area contributed by atoms with E-state index in [2.05, 4.69) is 48.8 Å². The summed E-state index contributed by atoms with van der Waals surface area (Å²) in [5.41, 5.74) is 1.54. The van der Waals surface area contributed by atoms with E-state index in [4.69, 9.17) is 4.74 Å². The Labute approximate surface area is 116 Å². The maximum atomic E-state index is 5.18. The molecule has 1 aromatic heterocycles. The maximum Gasteiger partial charge on any atom is 0.203 e. The highest BCUT2D eigenvalue weighted by Gasteiger charge is 2.33. The van der Waals surface area contributed by atoms with Gasteiger partial charge < -0.3 is 14.6 Å². The molecule has 1 fully saturated rings. The predicted molar refractivity (Wildman–Crippen MR) is 78.6 cm³/mol. The molecule has 1 aliphatic carbocycles. The molecule has 2 atom stereocenters. The van der Waals surface area contributed by atoms with Crippen molar-refractivity contribution in [1.29, 1.82) is 0 Å². The van der Waals surface area contributed by atoms with Gasteiger partial charge in [0, 0.05) is 25.4 Å². The van der Waals surface area contributed by atoms with Crippen LogP contribution in [-0.4, -0.2) is 29.3 Å². The molecular weight excluding hydrogens is 238 g/mol. The van der Waals surface area contributed by atoms with E-state index in [1.807, 2.05) is 0 Å². The van der Waals surface area contributed by atoms with Crippen LogP contribution in [0.5, 0.6) is 0 Å². The SMILES string of the molecule is COCC(C)Nc1nc(C)cn1C1CCC(C)(C)C1. The first-order chi connectivity index (χ1) is 8.91. The van der Waals surface area contributed by atoms with E-state index < -0.39 is 0 Å². The van der Waals surface area contributed by atoms with Gasteiger partial charge in [0.1, 0.15) is 0 Å². The largest absolute Gasteiger partial charge is 0.383 e. The van der Waals surface area contributed by atoms with Crippen molar-refractivity contribution in [2.75, 3.05) is 19.0 Å². The Morgan fingerprint density at radius 1 is 1.58 bits per heavy atom. The summed E-state index contributed by atoms with van der Waals surface area (Å²) in [5, 5.41) is 3.46. The minimum atomic E-state index is 0.278. The van der Waals surface area contributed by atoms with Gasteiger partial charge in [0.2, 0.25) is 5.95 Å². The third kappa shape index (κ3) is 3.50. The zero-order chi connectivity index (χ0) is 14.0. The van der Waals surface area contributed by atoms with E-state index in [9.17, 15) is 0 Å². The lowest BCUT2D eigenvalue weighted by atomic mass is 9.92. The normalized spacial score (nSPS) is 23.5. The molecule has 0 amide bonds. The lowest BCUT2D eigenvalue weighted by Crippen LogP contribution is -2.24. The van der Waals surface area contributed by atoms with Crippen molar-refractivity contribution in [3.63, 3.8) is 0 Å². The molecule has 0 aliphatic heterocycles. The van der Waals surface area contributed by atoms with Gasteiger partial charge in [-0.15, -0.1) is 0 Å². The van der Waals surface area contributed by atoms with Crippen molar-refractivity contribution in [1.82, 2.24) is 9.55 Å². The fraction of sp³-hybridized carbons (Fsp3) is 0.800. The minimum absolute atomic E-state index is 0.278. The second kappa shape index (κ2) is 5.53. The Bertz CT molecular complexity index is 425. The quantitative estimate of drug-likeness (QED) is 0.887. The molecule has 2 rings (SSSR count). The van der Waals surface area contributed by atoms with Gasteiger partial charge in [-0.1, -0.05) is 13.8 Å². The third-order valence-corrected chi connectivity index (χ3v) is 3.98. The number of hydrogen-bond donors (Lipinski definition) is 1. The van der Waals surface area contributed by atoms with E-state index in [1.54, 1.807) is 7.11 Å². The van der Waals surface area contributed by atoms with Gasteiger partial charge in [-0.3, -0.25) is 0 Å². The average Bonchev–Trinajstić information content (AvgIpc) is 2.82. The summed E-state index contributed by atoms with van der Waals surface area (Å²) < 4.78 is 7.51. The molecule has 2 unspecified atom stereocenters. The second-order valence-electron chi connectivity index (χ2n) is 6.67. The lowest BCUT2D eigenvalue weighted by molar-refractivity contribution is 0.190. The van der Waals surface area contributed by atoms with Crippen molar-refractivity contribution in [2.45, 2.75) is 59.0 Å². The van der Waals surface area contributed by atoms with Crippen LogP contribution < -0.4 is 5.32 Å². The summed E-state index contributed by atoms with van der Waals surface area (Å²) in [6.45, 7) is 9.59. The third-order valence-electron chi connectivity index (χ3n) is 3.98. The number of aryl methyl sites for hydroxylation is 1. The van der Waals surface area contributed by atoms with Crippen LogP contribution in [0.4, 0.5) is 5.95 Å². The van der Waals surface area contributed by atoms with Crippen molar-refractivity contribution in [3.05, 3.63) is 11.9 Å². The van der Waals surface area contributed by atoms with Gasteiger partial charge in [0.05, 0.1) is 12.3 Å². The first-order valence-corrected chi connectivity index (χ1v) is 7.22. The first-order valence-electron chi connectivity index (χ1n) is 7.22. The summed E-state index contributed by atoms with van der Waals surface area (Å²) in [6, 6.07) is 0.855. The van der Waals surface area contributed by atoms with Crippen molar-refractivity contribution in [3.8, 4) is 0 Å². The van der Waals surface area contributed by atoms with Gasteiger partial charge in [-0.25, -0.2) is 4.98 Å². The topological polar surface area (TPSA) is 39.1 Å². The molecule has 4 heteroatoms. The molecule has 4 nitrogen and oxygen atoms in total. The number of anilines is 1.